The van der Waals surface area contributed by atoms with Gasteiger partial charge in [-0.3, -0.25) is 4.84 Å². The average molecular weight is 197 g/mol. The third kappa shape index (κ3) is 3.32. The SMILES string of the molecule is COc1ccc(CONC(=O)O)cc1. The smallest absolute Gasteiger partial charge is 0.428 e. The lowest BCUT2D eigenvalue weighted by atomic mass is 10.2. The standard InChI is InChI=1S/C9H11NO4/c1-13-8-4-2-7(3-5-8)6-14-10-9(11)12/h2-5,10H,6H2,1H3,(H,11,12). The van der Waals surface area contributed by atoms with Crippen molar-refractivity contribution < 1.29 is 19.5 Å². The molecular weight excluding hydrogens is 186 g/mol. The van der Waals surface area contributed by atoms with Crippen molar-refractivity contribution in [3.8, 4) is 5.75 Å². The molecule has 1 aromatic rings. The Hall–Kier alpha value is -1.75. The second-order valence-corrected chi connectivity index (χ2v) is 2.54. The maximum atomic E-state index is 10.0. The number of carbonyl (C=O) groups is 1. The third-order valence-electron chi connectivity index (χ3n) is 1.56. The van der Waals surface area contributed by atoms with Crippen molar-refractivity contribution in [1.82, 2.24) is 5.48 Å². The molecule has 0 saturated heterocycles. The largest absolute Gasteiger partial charge is 0.497 e. The lowest BCUT2D eigenvalue weighted by molar-refractivity contribution is 0.0314. The second-order valence-electron chi connectivity index (χ2n) is 2.54. The molecule has 0 saturated carbocycles. The topological polar surface area (TPSA) is 67.8 Å². The monoisotopic (exact) mass is 197 g/mol. The van der Waals surface area contributed by atoms with Gasteiger partial charge in [-0.25, -0.2) is 4.79 Å². The average Bonchev–Trinajstić information content (AvgIpc) is 2.18. The van der Waals surface area contributed by atoms with Gasteiger partial charge in [0.1, 0.15) is 5.75 Å². The van der Waals surface area contributed by atoms with Crippen molar-refractivity contribution in [3.05, 3.63) is 29.8 Å². The van der Waals surface area contributed by atoms with Crippen LogP contribution in [0, 0.1) is 0 Å². The molecule has 0 aliphatic rings. The van der Waals surface area contributed by atoms with Crippen LogP contribution >= 0.6 is 0 Å². The number of amides is 1. The van der Waals surface area contributed by atoms with Crippen molar-refractivity contribution in [2.24, 2.45) is 0 Å². The minimum atomic E-state index is -1.21. The summed E-state index contributed by atoms with van der Waals surface area (Å²) in [6.45, 7) is 0.191. The van der Waals surface area contributed by atoms with Crippen molar-refractivity contribution in [3.63, 3.8) is 0 Å². The summed E-state index contributed by atoms with van der Waals surface area (Å²) >= 11 is 0. The minimum absolute atomic E-state index is 0.191. The molecule has 0 aromatic heterocycles. The van der Waals surface area contributed by atoms with Crippen LogP contribution in [0.2, 0.25) is 0 Å². The van der Waals surface area contributed by atoms with Gasteiger partial charge in [-0.1, -0.05) is 12.1 Å². The van der Waals surface area contributed by atoms with Gasteiger partial charge in [-0.05, 0) is 17.7 Å². The number of methoxy groups -OCH3 is 1. The summed E-state index contributed by atoms with van der Waals surface area (Å²) in [5.41, 5.74) is 2.67. The van der Waals surface area contributed by atoms with Gasteiger partial charge in [0.2, 0.25) is 0 Å². The Morgan fingerprint density at radius 3 is 2.57 bits per heavy atom. The molecule has 1 rings (SSSR count). The lowest BCUT2D eigenvalue weighted by Crippen LogP contribution is -2.20. The Morgan fingerprint density at radius 1 is 1.43 bits per heavy atom. The summed E-state index contributed by atoms with van der Waals surface area (Å²) in [4.78, 5) is 14.7. The highest BCUT2D eigenvalue weighted by molar-refractivity contribution is 5.62. The predicted molar refractivity (Wildman–Crippen MR) is 48.9 cm³/mol. The van der Waals surface area contributed by atoms with Gasteiger partial charge in [0.05, 0.1) is 13.7 Å². The van der Waals surface area contributed by atoms with Crippen LogP contribution in [0.1, 0.15) is 5.56 Å². The number of hydroxylamine groups is 1. The minimum Gasteiger partial charge on any atom is -0.497 e. The highest BCUT2D eigenvalue weighted by Gasteiger charge is 1.96. The number of ether oxygens (including phenoxy) is 1. The summed E-state index contributed by atoms with van der Waals surface area (Å²) < 4.78 is 4.96. The van der Waals surface area contributed by atoms with Gasteiger partial charge in [-0.15, -0.1) is 0 Å². The molecule has 0 aliphatic carbocycles. The van der Waals surface area contributed by atoms with Crippen LogP contribution < -0.4 is 10.2 Å². The summed E-state index contributed by atoms with van der Waals surface area (Å²) in [5.74, 6) is 0.750. The van der Waals surface area contributed by atoms with Crippen LogP contribution in [0.5, 0.6) is 5.75 Å². The summed E-state index contributed by atoms with van der Waals surface area (Å²) in [5, 5.41) is 8.22. The first-order valence-corrected chi connectivity index (χ1v) is 3.96. The molecule has 5 nitrogen and oxygen atoms in total. The first-order valence-electron chi connectivity index (χ1n) is 3.96. The molecule has 76 valence electrons. The van der Waals surface area contributed by atoms with E-state index in [0.29, 0.717) is 0 Å². The molecular formula is C9H11NO4. The molecule has 0 unspecified atom stereocenters. The first kappa shape index (κ1) is 10.3. The van der Waals surface area contributed by atoms with Gasteiger partial charge in [0, 0.05) is 0 Å². The fourth-order valence-electron chi connectivity index (χ4n) is 0.903. The first-order chi connectivity index (χ1) is 6.72. The van der Waals surface area contributed by atoms with Gasteiger partial charge >= 0.3 is 6.09 Å². The van der Waals surface area contributed by atoms with E-state index in [4.69, 9.17) is 9.84 Å². The van der Waals surface area contributed by atoms with Crippen LogP contribution in [0.4, 0.5) is 4.79 Å². The number of hydrogen-bond acceptors (Lipinski definition) is 3. The molecule has 0 aliphatic heterocycles. The van der Waals surface area contributed by atoms with Gasteiger partial charge in [0.25, 0.3) is 0 Å². The summed E-state index contributed by atoms with van der Waals surface area (Å²) in [6, 6.07) is 7.14. The van der Waals surface area contributed by atoms with Crippen LogP contribution in [0.15, 0.2) is 24.3 Å². The fraction of sp³-hybridized carbons (Fsp3) is 0.222. The van der Waals surface area contributed by atoms with Gasteiger partial charge in [0.15, 0.2) is 0 Å². The zero-order chi connectivity index (χ0) is 10.4. The Bertz CT molecular complexity index is 296. The van der Waals surface area contributed by atoms with E-state index in [1.54, 1.807) is 31.4 Å². The van der Waals surface area contributed by atoms with Gasteiger partial charge < -0.3 is 9.84 Å². The maximum Gasteiger partial charge on any atom is 0.428 e. The number of benzene rings is 1. The van der Waals surface area contributed by atoms with Crippen molar-refractivity contribution in [2.45, 2.75) is 6.61 Å². The molecule has 0 spiro atoms. The molecule has 1 amide bonds. The molecule has 5 heteroatoms. The van der Waals surface area contributed by atoms with E-state index >= 15 is 0 Å². The quantitative estimate of drug-likeness (QED) is 0.716. The van der Waals surface area contributed by atoms with Crippen LogP contribution in [0.25, 0.3) is 0 Å². The van der Waals surface area contributed by atoms with E-state index in [2.05, 4.69) is 4.84 Å². The van der Waals surface area contributed by atoms with Crippen molar-refractivity contribution >= 4 is 6.09 Å². The van der Waals surface area contributed by atoms with E-state index in [0.717, 1.165) is 11.3 Å². The summed E-state index contributed by atoms with van der Waals surface area (Å²) in [6.07, 6.45) is -1.21. The lowest BCUT2D eigenvalue weighted by Gasteiger charge is -2.03. The van der Waals surface area contributed by atoms with E-state index in [-0.39, 0.29) is 6.61 Å². The fourth-order valence-corrected chi connectivity index (χ4v) is 0.903. The normalized spacial score (nSPS) is 9.50. The molecule has 0 radical (unpaired) electrons. The maximum absolute atomic E-state index is 10.0. The third-order valence-corrected chi connectivity index (χ3v) is 1.56. The van der Waals surface area contributed by atoms with Gasteiger partial charge in [-0.2, -0.15) is 5.48 Å². The van der Waals surface area contributed by atoms with Crippen LogP contribution in [-0.2, 0) is 11.4 Å². The molecule has 0 fully saturated rings. The van der Waals surface area contributed by atoms with Crippen molar-refractivity contribution in [2.75, 3.05) is 7.11 Å². The van der Waals surface area contributed by atoms with Crippen LogP contribution in [-0.4, -0.2) is 18.3 Å². The zero-order valence-electron chi connectivity index (χ0n) is 7.69. The molecule has 14 heavy (non-hydrogen) atoms. The van der Waals surface area contributed by atoms with Crippen LogP contribution in [0.3, 0.4) is 0 Å². The molecule has 0 heterocycles. The Kier molecular flexibility index (Phi) is 3.75. The van der Waals surface area contributed by atoms with E-state index in [9.17, 15) is 4.79 Å². The molecule has 0 atom stereocenters. The molecule has 0 bridgehead atoms. The van der Waals surface area contributed by atoms with Crippen molar-refractivity contribution in [1.29, 1.82) is 0 Å². The van der Waals surface area contributed by atoms with E-state index in [1.165, 1.54) is 0 Å². The molecule has 2 N–H and O–H groups in total. The Labute approximate surface area is 81.2 Å². The predicted octanol–water partition coefficient (Wildman–Crippen LogP) is 1.39. The zero-order valence-corrected chi connectivity index (χ0v) is 7.69. The Balaban J connectivity index is 2.40. The number of hydrogen-bond donors (Lipinski definition) is 2. The highest BCUT2D eigenvalue weighted by atomic mass is 16.7. The summed E-state index contributed by atoms with van der Waals surface area (Å²) in [7, 11) is 1.58. The second kappa shape index (κ2) is 5.08. The number of nitrogens with one attached hydrogen (secondary N) is 1. The Morgan fingerprint density at radius 2 is 2.07 bits per heavy atom. The molecule has 1 aromatic carbocycles. The van der Waals surface area contributed by atoms with E-state index in [1.807, 2.05) is 5.48 Å². The highest BCUT2D eigenvalue weighted by Crippen LogP contribution is 2.11. The number of rotatable bonds is 4. The number of carboxylic acid groups (broad SMARTS) is 1. The van der Waals surface area contributed by atoms with E-state index < -0.39 is 6.09 Å².